The third-order valence-electron chi connectivity index (χ3n) is 2.40. The quantitative estimate of drug-likeness (QED) is 0.599. The van der Waals surface area contributed by atoms with Gasteiger partial charge in [0.05, 0.1) is 26.9 Å². The maximum atomic E-state index is 11.8. The van der Waals surface area contributed by atoms with E-state index >= 15 is 0 Å². The molecule has 1 aromatic carbocycles. The summed E-state index contributed by atoms with van der Waals surface area (Å²) >= 11 is 0. The van der Waals surface area contributed by atoms with Crippen LogP contribution in [0.4, 0.5) is 0 Å². The largest absolute Gasteiger partial charge is 0.493 e. The van der Waals surface area contributed by atoms with Crippen LogP contribution in [0.1, 0.15) is 23.7 Å². The molecule has 0 amide bonds. The van der Waals surface area contributed by atoms with Crippen molar-refractivity contribution in [3.63, 3.8) is 0 Å². The number of hydrogen-bond acceptors (Lipinski definition) is 6. The van der Waals surface area contributed by atoms with Gasteiger partial charge in [0, 0.05) is 6.42 Å². The van der Waals surface area contributed by atoms with Gasteiger partial charge in [-0.25, -0.2) is 4.79 Å². The molecule has 0 aliphatic heterocycles. The number of esters is 2. The Labute approximate surface area is 111 Å². The van der Waals surface area contributed by atoms with Gasteiger partial charge in [0.2, 0.25) is 5.75 Å². The summed E-state index contributed by atoms with van der Waals surface area (Å²) in [6.45, 7) is 1.60. The van der Waals surface area contributed by atoms with Crippen LogP contribution in [-0.2, 0) is 9.53 Å². The second kappa shape index (κ2) is 6.63. The van der Waals surface area contributed by atoms with E-state index in [9.17, 15) is 9.59 Å². The molecule has 0 aromatic heterocycles. The van der Waals surface area contributed by atoms with Crippen LogP contribution < -0.4 is 14.2 Å². The van der Waals surface area contributed by atoms with Gasteiger partial charge in [-0.3, -0.25) is 4.79 Å². The second-order valence-electron chi connectivity index (χ2n) is 3.53. The Hall–Kier alpha value is -2.24. The van der Waals surface area contributed by atoms with Crippen molar-refractivity contribution in [2.75, 3.05) is 21.3 Å². The number of carbonyl (C=O) groups is 2. The fourth-order valence-electron chi connectivity index (χ4n) is 1.43. The van der Waals surface area contributed by atoms with Gasteiger partial charge in [-0.15, -0.1) is 0 Å². The molecule has 0 aliphatic carbocycles. The lowest BCUT2D eigenvalue weighted by Crippen LogP contribution is -2.12. The number of ether oxygens (including phenoxy) is 4. The molecule has 0 atom stereocenters. The average molecular weight is 268 g/mol. The Morgan fingerprint density at radius 2 is 1.53 bits per heavy atom. The molecule has 6 nitrogen and oxygen atoms in total. The van der Waals surface area contributed by atoms with Crippen LogP contribution in [0.3, 0.4) is 0 Å². The zero-order valence-corrected chi connectivity index (χ0v) is 11.3. The molecular weight excluding hydrogens is 252 g/mol. The van der Waals surface area contributed by atoms with E-state index in [2.05, 4.69) is 4.74 Å². The molecule has 6 heteroatoms. The van der Waals surface area contributed by atoms with E-state index in [-0.39, 0.29) is 12.0 Å². The fraction of sp³-hybridized carbons (Fsp3) is 0.385. The molecule has 0 N–H and O–H groups in total. The lowest BCUT2D eigenvalue weighted by atomic mass is 10.2. The van der Waals surface area contributed by atoms with E-state index in [0.717, 1.165) is 0 Å². The standard InChI is InChI=1S/C13H16O6/c1-5-11(14)19-13(15)8-6-9(16-2)12(18-4)10(7-8)17-3/h6-7H,5H2,1-4H3. The summed E-state index contributed by atoms with van der Waals surface area (Å²) in [7, 11) is 4.33. The summed E-state index contributed by atoms with van der Waals surface area (Å²) in [5.41, 5.74) is 0.149. The molecule has 0 radical (unpaired) electrons. The first-order valence-corrected chi connectivity index (χ1v) is 5.62. The van der Waals surface area contributed by atoms with Gasteiger partial charge in [-0.2, -0.15) is 0 Å². The van der Waals surface area contributed by atoms with Gasteiger partial charge in [-0.05, 0) is 12.1 Å². The average Bonchev–Trinajstić information content (AvgIpc) is 2.44. The lowest BCUT2D eigenvalue weighted by Gasteiger charge is -2.13. The van der Waals surface area contributed by atoms with Gasteiger partial charge in [0.25, 0.3) is 0 Å². The molecule has 0 bridgehead atoms. The summed E-state index contributed by atoms with van der Waals surface area (Å²) in [5.74, 6) is -0.358. The van der Waals surface area contributed by atoms with Crippen molar-refractivity contribution in [3.8, 4) is 17.2 Å². The van der Waals surface area contributed by atoms with Gasteiger partial charge in [0.15, 0.2) is 11.5 Å². The van der Waals surface area contributed by atoms with Gasteiger partial charge < -0.3 is 18.9 Å². The molecule has 0 saturated carbocycles. The topological polar surface area (TPSA) is 71.1 Å². The predicted octanol–water partition coefficient (Wildman–Crippen LogP) is 1.81. The highest BCUT2D eigenvalue weighted by Gasteiger charge is 2.19. The third-order valence-corrected chi connectivity index (χ3v) is 2.40. The van der Waals surface area contributed by atoms with Gasteiger partial charge >= 0.3 is 11.9 Å². The summed E-state index contributed by atoms with van der Waals surface area (Å²) < 4.78 is 20.0. The van der Waals surface area contributed by atoms with Crippen LogP contribution in [0.2, 0.25) is 0 Å². The van der Waals surface area contributed by atoms with Crippen LogP contribution in [0, 0.1) is 0 Å². The minimum atomic E-state index is -0.758. The van der Waals surface area contributed by atoms with E-state index < -0.39 is 11.9 Å². The normalized spacial score (nSPS) is 9.68. The number of carbonyl (C=O) groups excluding carboxylic acids is 2. The van der Waals surface area contributed by atoms with Crippen LogP contribution in [0.25, 0.3) is 0 Å². The Morgan fingerprint density at radius 1 is 1.00 bits per heavy atom. The van der Waals surface area contributed by atoms with Crippen LogP contribution >= 0.6 is 0 Å². The smallest absolute Gasteiger partial charge is 0.346 e. The molecule has 19 heavy (non-hydrogen) atoms. The van der Waals surface area contributed by atoms with Gasteiger partial charge in [-0.1, -0.05) is 6.92 Å². The van der Waals surface area contributed by atoms with Crippen molar-refractivity contribution < 1.29 is 28.5 Å². The van der Waals surface area contributed by atoms with E-state index in [1.165, 1.54) is 33.5 Å². The van der Waals surface area contributed by atoms with Crippen LogP contribution in [0.15, 0.2) is 12.1 Å². The van der Waals surface area contributed by atoms with Crippen LogP contribution in [0.5, 0.6) is 17.2 Å². The van der Waals surface area contributed by atoms with E-state index in [4.69, 9.17) is 14.2 Å². The van der Waals surface area contributed by atoms with Crippen LogP contribution in [-0.4, -0.2) is 33.3 Å². The molecule has 0 fully saturated rings. The fourth-order valence-corrected chi connectivity index (χ4v) is 1.43. The zero-order valence-electron chi connectivity index (χ0n) is 11.3. The minimum absolute atomic E-state index is 0.121. The highest BCUT2D eigenvalue weighted by atomic mass is 16.6. The molecule has 0 heterocycles. The molecule has 0 spiro atoms. The minimum Gasteiger partial charge on any atom is -0.493 e. The van der Waals surface area contributed by atoms with Crippen molar-refractivity contribution >= 4 is 11.9 Å². The van der Waals surface area contributed by atoms with Crippen molar-refractivity contribution in [1.29, 1.82) is 0 Å². The van der Waals surface area contributed by atoms with Gasteiger partial charge in [0.1, 0.15) is 0 Å². The first kappa shape index (κ1) is 14.8. The summed E-state index contributed by atoms with van der Waals surface area (Å²) in [6, 6.07) is 2.85. The summed E-state index contributed by atoms with van der Waals surface area (Å²) in [6.07, 6.45) is 0.121. The van der Waals surface area contributed by atoms with E-state index in [1.54, 1.807) is 6.92 Å². The Bertz CT molecular complexity index is 455. The number of rotatable bonds is 5. The Morgan fingerprint density at radius 3 is 1.89 bits per heavy atom. The first-order valence-electron chi connectivity index (χ1n) is 5.62. The highest BCUT2D eigenvalue weighted by molar-refractivity contribution is 5.97. The van der Waals surface area contributed by atoms with Crippen molar-refractivity contribution in [2.24, 2.45) is 0 Å². The molecule has 1 aromatic rings. The monoisotopic (exact) mass is 268 g/mol. The third kappa shape index (κ3) is 3.37. The Balaban J connectivity index is 3.15. The first-order chi connectivity index (χ1) is 9.07. The molecular formula is C13H16O6. The van der Waals surface area contributed by atoms with E-state index in [1.807, 2.05) is 0 Å². The number of methoxy groups -OCH3 is 3. The maximum absolute atomic E-state index is 11.8. The summed E-state index contributed by atoms with van der Waals surface area (Å²) in [4.78, 5) is 22.9. The number of benzene rings is 1. The predicted molar refractivity (Wildman–Crippen MR) is 66.8 cm³/mol. The number of hydrogen-bond donors (Lipinski definition) is 0. The van der Waals surface area contributed by atoms with Crippen molar-refractivity contribution in [2.45, 2.75) is 13.3 Å². The highest BCUT2D eigenvalue weighted by Crippen LogP contribution is 2.38. The molecule has 104 valence electrons. The van der Waals surface area contributed by atoms with Crippen molar-refractivity contribution in [1.82, 2.24) is 0 Å². The molecule has 0 saturated heterocycles. The molecule has 0 unspecified atom stereocenters. The molecule has 0 aliphatic rings. The van der Waals surface area contributed by atoms with Crippen molar-refractivity contribution in [3.05, 3.63) is 17.7 Å². The maximum Gasteiger partial charge on any atom is 0.346 e. The SMILES string of the molecule is CCC(=O)OC(=O)c1cc(OC)c(OC)c(OC)c1. The van der Waals surface area contributed by atoms with E-state index in [0.29, 0.717) is 17.2 Å². The second-order valence-corrected chi connectivity index (χ2v) is 3.53. The zero-order chi connectivity index (χ0) is 14.4. The summed E-state index contributed by atoms with van der Waals surface area (Å²) in [5, 5.41) is 0. The molecule has 1 rings (SSSR count). The lowest BCUT2D eigenvalue weighted by molar-refractivity contribution is -0.137. The Kier molecular flexibility index (Phi) is 5.17.